The van der Waals surface area contributed by atoms with E-state index in [1.54, 1.807) is 12.4 Å². The molecule has 0 bridgehead atoms. The summed E-state index contributed by atoms with van der Waals surface area (Å²) >= 11 is 0. The number of carbonyl (C=O) groups is 1. The van der Waals surface area contributed by atoms with Gasteiger partial charge in [0.05, 0.1) is 0 Å². The zero-order valence-corrected chi connectivity index (χ0v) is 17.5. The second-order valence-corrected chi connectivity index (χ2v) is 8.44. The van der Waals surface area contributed by atoms with Crippen LogP contribution in [0.3, 0.4) is 0 Å². The van der Waals surface area contributed by atoms with Crippen molar-refractivity contribution in [1.29, 1.82) is 0 Å². The fourth-order valence-corrected chi connectivity index (χ4v) is 4.68. The van der Waals surface area contributed by atoms with E-state index in [9.17, 15) is 4.79 Å². The number of hydrogen-bond donors (Lipinski definition) is 0. The predicted molar refractivity (Wildman–Crippen MR) is 114 cm³/mol. The number of amides is 1. The van der Waals surface area contributed by atoms with E-state index in [-0.39, 0.29) is 5.91 Å². The summed E-state index contributed by atoms with van der Waals surface area (Å²) in [6.45, 7) is 7.96. The molecule has 0 radical (unpaired) electrons. The second-order valence-electron chi connectivity index (χ2n) is 8.44. The Bertz CT molecular complexity index is 803. The zero-order valence-electron chi connectivity index (χ0n) is 17.5. The van der Waals surface area contributed by atoms with Crippen molar-refractivity contribution in [2.75, 3.05) is 26.2 Å². The highest BCUT2D eigenvalue weighted by molar-refractivity contribution is 5.94. The largest absolute Gasteiger partial charge is 0.490 e. The summed E-state index contributed by atoms with van der Waals surface area (Å²) in [5, 5.41) is 0. The quantitative estimate of drug-likeness (QED) is 0.792. The van der Waals surface area contributed by atoms with Gasteiger partial charge in [-0.05, 0) is 63.8 Å². The lowest BCUT2D eigenvalue weighted by Gasteiger charge is -2.41. The van der Waals surface area contributed by atoms with Gasteiger partial charge in [-0.1, -0.05) is 17.2 Å². The molecule has 2 aromatic rings. The van der Waals surface area contributed by atoms with Gasteiger partial charge in [-0.3, -0.25) is 14.7 Å². The molecule has 4 rings (SSSR count). The van der Waals surface area contributed by atoms with Gasteiger partial charge in [-0.25, -0.2) is 0 Å². The van der Waals surface area contributed by atoms with Crippen LogP contribution < -0.4 is 4.74 Å². The first-order valence-corrected chi connectivity index (χ1v) is 10.8. The Labute approximate surface area is 173 Å². The summed E-state index contributed by atoms with van der Waals surface area (Å²) in [4.78, 5) is 21.6. The van der Waals surface area contributed by atoms with Crippen molar-refractivity contribution in [2.45, 2.75) is 51.7 Å². The fraction of sp³-hybridized carbons (Fsp3) is 0.500. The normalized spacial score (nSPS) is 19.3. The summed E-state index contributed by atoms with van der Waals surface area (Å²) in [6.07, 6.45) is 8.09. The Morgan fingerprint density at radius 1 is 0.931 bits per heavy atom. The van der Waals surface area contributed by atoms with E-state index in [0.717, 1.165) is 74.3 Å². The highest BCUT2D eigenvalue weighted by Gasteiger charge is 2.30. The monoisotopic (exact) mass is 393 g/mol. The van der Waals surface area contributed by atoms with E-state index < -0.39 is 0 Å². The predicted octanol–water partition coefficient (Wildman–Crippen LogP) is 3.85. The van der Waals surface area contributed by atoms with Crippen molar-refractivity contribution in [3.05, 3.63) is 59.4 Å². The Morgan fingerprint density at radius 2 is 1.55 bits per heavy atom. The third-order valence-corrected chi connectivity index (χ3v) is 6.17. The molecule has 1 amide bonds. The summed E-state index contributed by atoms with van der Waals surface area (Å²) in [5.41, 5.74) is 3.13. The molecule has 0 atom stereocenters. The molecular weight excluding hydrogens is 362 g/mol. The van der Waals surface area contributed by atoms with Gasteiger partial charge in [0.25, 0.3) is 5.91 Å². The van der Waals surface area contributed by atoms with Gasteiger partial charge in [0, 0.05) is 50.2 Å². The molecule has 154 valence electrons. The van der Waals surface area contributed by atoms with Crippen molar-refractivity contribution in [1.82, 2.24) is 14.8 Å². The maximum Gasteiger partial charge on any atom is 0.253 e. The van der Waals surface area contributed by atoms with Gasteiger partial charge in [-0.2, -0.15) is 0 Å². The third kappa shape index (κ3) is 4.96. The van der Waals surface area contributed by atoms with Crippen LogP contribution in [-0.4, -0.2) is 59.0 Å². The van der Waals surface area contributed by atoms with Gasteiger partial charge in [-0.15, -0.1) is 0 Å². The summed E-state index contributed by atoms with van der Waals surface area (Å²) in [5.74, 6) is 1.09. The number of rotatable bonds is 4. The van der Waals surface area contributed by atoms with Crippen LogP contribution in [0.2, 0.25) is 0 Å². The molecule has 0 spiro atoms. The van der Waals surface area contributed by atoms with E-state index in [1.165, 1.54) is 0 Å². The van der Waals surface area contributed by atoms with E-state index >= 15 is 0 Å². The van der Waals surface area contributed by atoms with Crippen LogP contribution in [0.1, 0.15) is 47.2 Å². The zero-order chi connectivity index (χ0) is 20.2. The highest BCUT2D eigenvalue weighted by atomic mass is 16.5. The molecule has 2 aliphatic heterocycles. The van der Waals surface area contributed by atoms with Crippen molar-refractivity contribution >= 4 is 5.91 Å². The standard InChI is InChI=1S/C24H31N3O2/c1-18-15-19(2)17-20(16-18)24(28)27-11-5-21(6-12-27)26-13-7-23(8-14-26)29-22-3-9-25-10-4-22/h3-4,9-10,15-17,21,23H,5-8,11-14H2,1-2H3. The van der Waals surface area contributed by atoms with E-state index in [0.29, 0.717) is 12.1 Å². The van der Waals surface area contributed by atoms with Crippen LogP contribution in [0.5, 0.6) is 5.75 Å². The smallest absolute Gasteiger partial charge is 0.253 e. The lowest BCUT2D eigenvalue weighted by Crippen LogP contribution is -2.50. The van der Waals surface area contributed by atoms with E-state index in [1.807, 2.05) is 29.2 Å². The number of aromatic nitrogens is 1. The Morgan fingerprint density at radius 3 is 2.17 bits per heavy atom. The number of hydrogen-bond acceptors (Lipinski definition) is 4. The molecule has 0 N–H and O–H groups in total. The Balaban J connectivity index is 1.25. The molecule has 0 unspecified atom stereocenters. The second kappa shape index (κ2) is 8.95. The number of nitrogens with zero attached hydrogens (tertiary/aromatic N) is 3. The molecule has 2 saturated heterocycles. The van der Waals surface area contributed by atoms with E-state index in [4.69, 9.17) is 4.74 Å². The topological polar surface area (TPSA) is 45.7 Å². The van der Waals surface area contributed by atoms with Gasteiger partial charge in [0.2, 0.25) is 0 Å². The Hall–Kier alpha value is -2.40. The van der Waals surface area contributed by atoms with Crippen LogP contribution in [0.25, 0.3) is 0 Å². The van der Waals surface area contributed by atoms with Crippen LogP contribution in [0.15, 0.2) is 42.7 Å². The first-order valence-electron chi connectivity index (χ1n) is 10.8. The molecule has 2 aliphatic rings. The molecular formula is C24H31N3O2. The van der Waals surface area contributed by atoms with Crippen LogP contribution in [-0.2, 0) is 0 Å². The molecule has 5 nitrogen and oxygen atoms in total. The number of carbonyl (C=O) groups excluding carboxylic acids is 1. The Kier molecular flexibility index (Phi) is 6.14. The molecule has 5 heteroatoms. The van der Waals surface area contributed by atoms with Crippen molar-refractivity contribution < 1.29 is 9.53 Å². The summed E-state index contributed by atoms with van der Waals surface area (Å²) in [6, 6.07) is 10.6. The number of ether oxygens (including phenoxy) is 1. The molecule has 3 heterocycles. The number of likely N-dealkylation sites (tertiary alicyclic amines) is 2. The molecule has 1 aromatic heterocycles. The van der Waals surface area contributed by atoms with Gasteiger partial charge in [0.1, 0.15) is 11.9 Å². The maximum absolute atomic E-state index is 12.9. The molecule has 29 heavy (non-hydrogen) atoms. The lowest BCUT2D eigenvalue weighted by atomic mass is 9.98. The van der Waals surface area contributed by atoms with Crippen molar-refractivity contribution in [3.8, 4) is 5.75 Å². The van der Waals surface area contributed by atoms with Gasteiger partial charge in [0.15, 0.2) is 0 Å². The lowest BCUT2D eigenvalue weighted by molar-refractivity contribution is 0.0425. The first-order chi connectivity index (χ1) is 14.1. The summed E-state index contributed by atoms with van der Waals surface area (Å²) < 4.78 is 6.09. The number of pyridine rings is 1. The maximum atomic E-state index is 12.9. The number of aryl methyl sites for hydroxylation is 2. The van der Waals surface area contributed by atoms with Crippen LogP contribution in [0, 0.1) is 13.8 Å². The van der Waals surface area contributed by atoms with Crippen molar-refractivity contribution in [3.63, 3.8) is 0 Å². The minimum atomic E-state index is 0.180. The van der Waals surface area contributed by atoms with Crippen LogP contribution in [0.4, 0.5) is 0 Å². The molecule has 2 fully saturated rings. The summed E-state index contributed by atoms with van der Waals surface area (Å²) in [7, 11) is 0. The van der Waals surface area contributed by atoms with E-state index in [2.05, 4.69) is 29.8 Å². The SMILES string of the molecule is Cc1cc(C)cc(C(=O)N2CCC(N3CCC(Oc4ccncc4)CC3)CC2)c1. The van der Waals surface area contributed by atoms with Gasteiger partial charge >= 0.3 is 0 Å². The minimum absolute atomic E-state index is 0.180. The molecule has 1 aromatic carbocycles. The molecule has 0 saturated carbocycles. The molecule has 0 aliphatic carbocycles. The van der Waals surface area contributed by atoms with Gasteiger partial charge < -0.3 is 9.64 Å². The number of piperidine rings is 2. The highest BCUT2D eigenvalue weighted by Crippen LogP contribution is 2.24. The fourth-order valence-electron chi connectivity index (χ4n) is 4.68. The first kappa shape index (κ1) is 19.9. The number of benzene rings is 1. The average molecular weight is 394 g/mol. The third-order valence-electron chi connectivity index (χ3n) is 6.17. The minimum Gasteiger partial charge on any atom is -0.490 e. The van der Waals surface area contributed by atoms with Crippen molar-refractivity contribution in [2.24, 2.45) is 0 Å². The average Bonchev–Trinajstić information content (AvgIpc) is 2.74. The van der Waals surface area contributed by atoms with Crippen LogP contribution >= 0.6 is 0 Å².